The van der Waals surface area contributed by atoms with Gasteiger partial charge in [-0.2, -0.15) is 0 Å². The summed E-state index contributed by atoms with van der Waals surface area (Å²) in [5.41, 5.74) is 0. The number of piperidine rings is 1. The highest BCUT2D eigenvalue weighted by atomic mass is 16.5. The minimum Gasteiger partial charge on any atom is -0.480 e. The summed E-state index contributed by atoms with van der Waals surface area (Å²) in [4.78, 5) is 35.2. The number of ether oxygens (including phenoxy) is 1. The first-order valence-corrected chi connectivity index (χ1v) is 6.78. The van der Waals surface area contributed by atoms with E-state index < -0.39 is 12.6 Å². The van der Waals surface area contributed by atoms with Gasteiger partial charge in [0.2, 0.25) is 11.8 Å². The van der Waals surface area contributed by atoms with Crippen molar-refractivity contribution in [1.82, 2.24) is 10.2 Å². The van der Waals surface area contributed by atoms with Crippen LogP contribution in [-0.4, -0.2) is 60.1 Å². The average Bonchev–Trinajstić information content (AvgIpc) is 2.38. The maximum absolute atomic E-state index is 11.7. The van der Waals surface area contributed by atoms with Crippen molar-refractivity contribution in [3.8, 4) is 0 Å². The van der Waals surface area contributed by atoms with Crippen LogP contribution in [0.1, 0.15) is 26.7 Å². The van der Waals surface area contributed by atoms with E-state index in [1.807, 2.05) is 13.8 Å². The van der Waals surface area contributed by atoms with Crippen molar-refractivity contribution in [1.29, 1.82) is 0 Å². The van der Waals surface area contributed by atoms with E-state index in [-0.39, 0.29) is 30.4 Å². The van der Waals surface area contributed by atoms with Gasteiger partial charge in [0.15, 0.2) is 0 Å². The molecule has 0 spiro atoms. The highest BCUT2D eigenvalue weighted by Crippen LogP contribution is 2.11. The van der Waals surface area contributed by atoms with Crippen LogP contribution in [-0.2, 0) is 19.1 Å². The highest BCUT2D eigenvalue weighted by molar-refractivity contribution is 5.79. The first-order chi connectivity index (χ1) is 9.40. The molecule has 0 aromatic rings. The zero-order valence-electron chi connectivity index (χ0n) is 11.9. The van der Waals surface area contributed by atoms with Gasteiger partial charge in [-0.25, -0.2) is 4.79 Å². The first-order valence-electron chi connectivity index (χ1n) is 6.78. The Morgan fingerprint density at radius 3 is 2.35 bits per heavy atom. The summed E-state index contributed by atoms with van der Waals surface area (Å²) in [5.74, 6) is -1.31. The Morgan fingerprint density at radius 1 is 1.25 bits per heavy atom. The standard InChI is InChI=1S/C13H22N2O5/c1-9(2)13(19)14-10-3-5-15(6-4-10)11(16)7-20-8-12(17)18/h9-10H,3-8H2,1-2H3,(H,14,19)(H,17,18). The molecular weight excluding hydrogens is 264 g/mol. The minimum absolute atomic E-state index is 0.0274. The maximum atomic E-state index is 11.7. The van der Waals surface area contributed by atoms with Crippen LogP contribution in [0.5, 0.6) is 0 Å². The fourth-order valence-electron chi connectivity index (χ4n) is 1.96. The van der Waals surface area contributed by atoms with Gasteiger partial charge < -0.3 is 20.1 Å². The summed E-state index contributed by atoms with van der Waals surface area (Å²) < 4.78 is 4.77. The van der Waals surface area contributed by atoms with Crippen LogP contribution >= 0.6 is 0 Å². The van der Waals surface area contributed by atoms with E-state index in [0.717, 1.165) is 0 Å². The smallest absolute Gasteiger partial charge is 0.329 e. The quantitative estimate of drug-likeness (QED) is 0.708. The molecule has 20 heavy (non-hydrogen) atoms. The predicted octanol–water partition coefficient (Wildman–Crippen LogP) is -0.149. The fraction of sp³-hybridized carbons (Fsp3) is 0.769. The molecule has 1 heterocycles. The van der Waals surface area contributed by atoms with Crippen molar-refractivity contribution in [3.63, 3.8) is 0 Å². The molecule has 0 saturated carbocycles. The molecule has 114 valence electrons. The van der Waals surface area contributed by atoms with E-state index in [4.69, 9.17) is 9.84 Å². The maximum Gasteiger partial charge on any atom is 0.329 e. The largest absolute Gasteiger partial charge is 0.480 e. The van der Waals surface area contributed by atoms with Gasteiger partial charge in [-0.1, -0.05) is 13.8 Å². The zero-order valence-corrected chi connectivity index (χ0v) is 11.9. The number of carbonyl (C=O) groups excluding carboxylic acids is 2. The number of aliphatic carboxylic acids is 1. The van der Waals surface area contributed by atoms with Crippen molar-refractivity contribution >= 4 is 17.8 Å². The third kappa shape index (κ3) is 5.56. The lowest BCUT2D eigenvalue weighted by molar-refractivity contribution is -0.146. The molecule has 1 fully saturated rings. The van der Waals surface area contributed by atoms with Gasteiger partial charge in [0, 0.05) is 25.0 Å². The minimum atomic E-state index is -1.09. The molecule has 0 atom stereocenters. The first kappa shape index (κ1) is 16.4. The Morgan fingerprint density at radius 2 is 1.85 bits per heavy atom. The van der Waals surface area contributed by atoms with Crippen LogP contribution in [0.3, 0.4) is 0 Å². The number of nitrogens with zero attached hydrogens (tertiary/aromatic N) is 1. The normalized spacial score (nSPS) is 16.2. The molecule has 7 heteroatoms. The molecule has 0 aliphatic carbocycles. The number of nitrogens with one attached hydrogen (secondary N) is 1. The molecule has 0 unspecified atom stereocenters. The van der Waals surface area contributed by atoms with Crippen LogP contribution in [0, 0.1) is 5.92 Å². The molecule has 0 aromatic heterocycles. The van der Waals surface area contributed by atoms with Gasteiger partial charge in [-0.15, -0.1) is 0 Å². The van der Waals surface area contributed by atoms with Crippen LogP contribution in [0.25, 0.3) is 0 Å². The fourth-order valence-corrected chi connectivity index (χ4v) is 1.96. The molecule has 2 N–H and O–H groups in total. The lowest BCUT2D eigenvalue weighted by Crippen LogP contribution is -2.48. The Bertz CT molecular complexity index is 362. The molecular formula is C13H22N2O5. The Kier molecular flexibility index (Phi) is 6.44. The van der Waals surface area contributed by atoms with Crippen LogP contribution in [0.15, 0.2) is 0 Å². The van der Waals surface area contributed by atoms with Gasteiger partial charge in [0.1, 0.15) is 13.2 Å². The van der Waals surface area contributed by atoms with Crippen molar-refractivity contribution in [2.75, 3.05) is 26.3 Å². The highest BCUT2D eigenvalue weighted by Gasteiger charge is 2.24. The molecule has 7 nitrogen and oxygen atoms in total. The summed E-state index contributed by atoms with van der Waals surface area (Å²) in [6.07, 6.45) is 1.42. The number of carboxylic acids is 1. The van der Waals surface area contributed by atoms with E-state index in [1.165, 1.54) is 0 Å². The van der Waals surface area contributed by atoms with Gasteiger partial charge in [0.25, 0.3) is 0 Å². The van der Waals surface area contributed by atoms with E-state index in [1.54, 1.807) is 4.90 Å². The summed E-state index contributed by atoms with van der Waals surface area (Å²) in [6, 6.07) is 0.105. The lowest BCUT2D eigenvalue weighted by Gasteiger charge is -2.32. The van der Waals surface area contributed by atoms with Crippen molar-refractivity contribution in [3.05, 3.63) is 0 Å². The monoisotopic (exact) mass is 286 g/mol. The summed E-state index contributed by atoms with van der Waals surface area (Å²) >= 11 is 0. The lowest BCUT2D eigenvalue weighted by atomic mass is 10.0. The van der Waals surface area contributed by atoms with Gasteiger partial charge in [-0.3, -0.25) is 9.59 Å². The van der Waals surface area contributed by atoms with Crippen molar-refractivity contribution in [2.24, 2.45) is 5.92 Å². The number of amides is 2. The second kappa shape index (κ2) is 7.84. The van der Waals surface area contributed by atoms with E-state index >= 15 is 0 Å². The Balaban J connectivity index is 2.26. The third-order valence-electron chi connectivity index (χ3n) is 3.17. The summed E-state index contributed by atoms with van der Waals surface area (Å²) in [6.45, 7) is 4.11. The van der Waals surface area contributed by atoms with Gasteiger partial charge in [0.05, 0.1) is 0 Å². The van der Waals surface area contributed by atoms with E-state index in [0.29, 0.717) is 25.9 Å². The van der Waals surface area contributed by atoms with Crippen LogP contribution in [0.2, 0.25) is 0 Å². The predicted molar refractivity (Wildman–Crippen MR) is 71.0 cm³/mol. The average molecular weight is 286 g/mol. The molecule has 0 aromatic carbocycles. The number of hydrogen-bond donors (Lipinski definition) is 2. The Hall–Kier alpha value is -1.63. The number of rotatable bonds is 6. The molecule has 0 bridgehead atoms. The molecule has 1 saturated heterocycles. The third-order valence-corrected chi connectivity index (χ3v) is 3.17. The molecule has 1 aliphatic rings. The second-order valence-electron chi connectivity index (χ2n) is 5.20. The zero-order chi connectivity index (χ0) is 15.1. The SMILES string of the molecule is CC(C)C(=O)NC1CCN(C(=O)COCC(=O)O)CC1. The topological polar surface area (TPSA) is 95.9 Å². The van der Waals surface area contributed by atoms with Crippen LogP contribution in [0.4, 0.5) is 0 Å². The number of carboxylic acid groups (broad SMARTS) is 1. The number of hydrogen-bond acceptors (Lipinski definition) is 4. The van der Waals surface area contributed by atoms with Crippen LogP contribution < -0.4 is 5.32 Å². The van der Waals surface area contributed by atoms with E-state index in [9.17, 15) is 14.4 Å². The second-order valence-corrected chi connectivity index (χ2v) is 5.20. The number of carbonyl (C=O) groups is 3. The number of likely N-dealkylation sites (tertiary alicyclic amines) is 1. The molecule has 2 amide bonds. The molecule has 0 radical (unpaired) electrons. The molecule has 1 aliphatic heterocycles. The summed E-state index contributed by atoms with van der Waals surface area (Å²) in [5, 5.41) is 11.4. The Labute approximate surface area is 118 Å². The van der Waals surface area contributed by atoms with Gasteiger partial charge in [-0.05, 0) is 12.8 Å². The van der Waals surface area contributed by atoms with Gasteiger partial charge >= 0.3 is 5.97 Å². The van der Waals surface area contributed by atoms with E-state index in [2.05, 4.69) is 5.32 Å². The molecule has 1 rings (SSSR count). The van der Waals surface area contributed by atoms with Crippen molar-refractivity contribution < 1.29 is 24.2 Å². The summed E-state index contributed by atoms with van der Waals surface area (Å²) in [7, 11) is 0. The van der Waals surface area contributed by atoms with Crippen molar-refractivity contribution in [2.45, 2.75) is 32.7 Å².